The van der Waals surface area contributed by atoms with Gasteiger partial charge in [-0.3, -0.25) is 15.1 Å². The zero-order valence-electron chi connectivity index (χ0n) is 11.3. The van der Waals surface area contributed by atoms with Crippen molar-refractivity contribution in [1.82, 2.24) is 10.3 Å². The molecule has 1 aliphatic rings. The van der Waals surface area contributed by atoms with E-state index in [0.29, 0.717) is 12.5 Å². The maximum absolute atomic E-state index is 11.2. The van der Waals surface area contributed by atoms with E-state index < -0.39 is 0 Å². The first-order chi connectivity index (χ1) is 9.19. The summed E-state index contributed by atoms with van der Waals surface area (Å²) >= 11 is 0. The molecule has 3 N–H and O–H groups in total. The predicted octanol–water partition coefficient (Wildman–Crippen LogP) is 0.440. The van der Waals surface area contributed by atoms with Gasteiger partial charge in [0.05, 0.1) is 19.6 Å². The van der Waals surface area contributed by atoms with Crippen LogP contribution >= 0.6 is 0 Å². The molecule has 1 unspecified atom stereocenters. The standard InChI is InChI=1S/C14H21N3O2/c1-11-10-19-7-6-17(11)9-13-4-2-12(3-5-13)8-14(18)16-15/h2-5,11H,6-10,15H2,1H3,(H,16,18). The number of amides is 1. The van der Waals surface area contributed by atoms with Crippen LogP contribution in [0.1, 0.15) is 18.1 Å². The molecule has 1 fully saturated rings. The molecule has 0 aromatic heterocycles. The van der Waals surface area contributed by atoms with Crippen LogP contribution in [-0.4, -0.2) is 36.6 Å². The van der Waals surface area contributed by atoms with Crippen LogP contribution in [0, 0.1) is 0 Å². The third-order valence-electron chi connectivity index (χ3n) is 3.44. The lowest BCUT2D eigenvalue weighted by atomic mass is 10.1. The summed E-state index contributed by atoms with van der Waals surface area (Å²) in [7, 11) is 0. The number of hydrogen-bond acceptors (Lipinski definition) is 4. The Balaban J connectivity index is 1.92. The number of carbonyl (C=O) groups excluding carboxylic acids is 1. The molecule has 1 saturated heterocycles. The first kappa shape index (κ1) is 14.0. The maximum atomic E-state index is 11.2. The van der Waals surface area contributed by atoms with Crippen molar-refractivity contribution in [3.8, 4) is 0 Å². The normalized spacial score (nSPS) is 20.2. The summed E-state index contributed by atoms with van der Waals surface area (Å²) in [6, 6.07) is 8.56. The highest BCUT2D eigenvalue weighted by Crippen LogP contribution is 2.13. The lowest BCUT2D eigenvalue weighted by Gasteiger charge is -2.33. The number of hydrazine groups is 1. The van der Waals surface area contributed by atoms with E-state index in [9.17, 15) is 4.79 Å². The SMILES string of the molecule is CC1COCCN1Cc1ccc(CC(=O)NN)cc1. The molecule has 2 rings (SSSR count). The van der Waals surface area contributed by atoms with Crippen LogP contribution in [0.2, 0.25) is 0 Å². The van der Waals surface area contributed by atoms with Gasteiger partial charge < -0.3 is 4.74 Å². The zero-order valence-corrected chi connectivity index (χ0v) is 11.3. The second kappa shape index (κ2) is 6.65. The van der Waals surface area contributed by atoms with Gasteiger partial charge in [-0.25, -0.2) is 5.84 Å². The molecule has 1 heterocycles. The molecule has 1 aromatic carbocycles. The highest BCUT2D eigenvalue weighted by Gasteiger charge is 2.18. The van der Waals surface area contributed by atoms with Gasteiger partial charge >= 0.3 is 0 Å². The molecule has 0 bridgehead atoms. The summed E-state index contributed by atoms with van der Waals surface area (Å²) in [6.07, 6.45) is 0.324. The molecule has 1 aliphatic heterocycles. The number of carbonyl (C=O) groups is 1. The summed E-state index contributed by atoms with van der Waals surface area (Å²) < 4.78 is 5.43. The molecule has 1 amide bonds. The fourth-order valence-corrected chi connectivity index (χ4v) is 2.23. The molecule has 0 spiro atoms. The fraction of sp³-hybridized carbons (Fsp3) is 0.500. The number of rotatable bonds is 4. The molecular formula is C14H21N3O2. The number of benzene rings is 1. The molecule has 1 atom stereocenters. The molecule has 0 radical (unpaired) electrons. The molecule has 104 valence electrons. The molecule has 5 nitrogen and oxygen atoms in total. The van der Waals surface area contributed by atoms with E-state index in [2.05, 4.69) is 29.4 Å². The van der Waals surface area contributed by atoms with Crippen molar-refractivity contribution < 1.29 is 9.53 Å². The highest BCUT2D eigenvalue weighted by atomic mass is 16.5. The Labute approximate surface area is 113 Å². The van der Waals surface area contributed by atoms with E-state index >= 15 is 0 Å². The van der Waals surface area contributed by atoms with E-state index in [1.54, 1.807) is 0 Å². The Hall–Kier alpha value is -1.43. The third kappa shape index (κ3) is 4.02. The number of nitrogens with zero attached hydrogens (tertiary/aromatic N) is 1. The fourth-order valence-electron chi connectivity index (χ4n) is 2.23. The van der Waals surface area contributed by atoms with Crippen LogP contribution < -0.4 is 11.3 Å². The highest BCUT2D eigenvalue weighted by molar-refractivity contribution is 5.77. The summed E-state index contributed by atoms with van der Waals surface area (Å²) in [6.45, 7) is 5.68. The van der Waals surface area contributed by atoms with Crippen molar-refractivity contribution in [2.45, 2.75) is 25.9 Å². The van der Waals surface area contributed by atoms with Gasteiger partial charge in [0.15, 0.2) is 0 Å². The maximum Gasteiger partial charge on any atom is 0.238 e. The van der Waals surface area contributed by atoms with Crippen LogP contribution in [0.5, 0.6) is 0 Å². The van der Waals surface area contributed by atoms with E-state index in [1.807, 2.05) is 12.1 Å². The lowest BCUT2D eigenvalue weighted by molar-refractivity contribution is -0.120. The van der Waals surface area contributed by atoms with Gasteiger partial charge in [-0.15, -0.1) is 0 Å². The molecule has 0 aliphatic carbocycles. The van der Waals surface area contributed by atoms with Crippen LogP contribution in [0.4, 0.5) is 0 Å². The van der Waals surface area contributed by atoms with Crippen molar-refractivity contribution >= 4 is 5.91 Å². The van der Waals surface area contributed by atoms with Gasteiger partial charge in [0, 0.05) is 19.1 Å². The summed E-state index contributed by atoms with van der Waals surface area (Å²) in [5.41, 5.74) is 4.37. The molecular weight excluding hydrogens is 242 g/mol. The number of hydrogen-bond donors (Lipinski definition) is 2. The zero-order chi connectivity index (χ0) is 13.7. The second-order valence-corrected chi connectivity index (χ2v) is 4.96. The molecule has 1 aromatic rings. The van der Waals surface area contributed by atoms with Crippen LogP contribution in [0.3, 0.4) is 0 Å². The number of ether oxygens (including phenoxy) is 1. The van der Waals surface area contributed by atoms with E-state index in [0.717, 1.165) is 31.9 Å². The van der Waals surface area contributed by atoms with Crippen molar-refractivity contribution in [2.75, 3.05) is 19.8 Å². The van der Waals surface area contributed by atoms with Crippen molar-refractivity contribution in [1.29, 1.82) is 0 Å². The quantitative estimate of drug-likeness (QED) is 0.470. The molecule has 19 heavy (non-hydrogen) atoms. The van der Waals surface area contributed by atoms with E-state index in [1.165, 1.54) is 5.56 Å². The minimum Gasteiger partial charge on any atom is -0.379 e. The van der Waals surface area contributed by atoms with Crippen LogP contribution in [-0.2, 0) is 22.5 Å². The summed E-state index contributed by atoms with van der Waals surface area (Å²) in [5.74, 6) is 4.90. The monoisotopic (exact) mass is 263 g/mol. The van der Waals surface area contributed by atoms with Crippen LogP contribution in [0.15, 0.2) is 24.3 Å². The van der Waals surface area contributed by atoms with Crippen molar-refractivity contribution in [3.63, 3.8) is 0 Å². The van der Waals surface area contributed by atoms with Crippen LogP contribution in [0.25, 0.3) is 0 Å². The summed E-state index contributed by atoms with van der Waals surface area (Å²) in [4.78, 5) is 13.6. The first-order valence-electron chi connectivity index (χ1n) is 6.58. The average Bonchev–Trinajstić information content (AvgIpc) is 2.43. The van der Waals surface area contributed by atoms with E-state index in [-0.39, 0.29) is 5.91 Å². The van der Waals surface area contributed by atoms with Gasteiger partial charge in [0.1, 0.15) is 0 Å². The molecule has 0 saturated carbocycles. The number of nitrogens with two attached hydrogens (primary N) is 1. The lowest BCUT2D eigenvalue weighted by Crippen LogP contribution is -2.42. The topological polar surface area (TPSA) is 67.6 Å². The minimum atomic E-state index is -0.172. The van der Waals surface area contributed by atoms with Crippen molar-refractivity contribution in [2.24, 2.45) is 5.84 Å². The summed E-state index contributed by atoms with van der Waals surface area (Å²) in [5, 5.41) is 0. The Morgan fingerprint density at radius 3 is 2.74 bits per heavy atom. The smallest absolute Gasteiger partial charge is 0.238 e. The Morgan fingerprint density at radius 1 is 1.42 bits per heavy atom. The molecule has 5 heteroatoms. The Morgan fingerprint density at radius 2 is 2.11 bits per heavy atom. The Kier molecular flexibility index (Phi) is 4.90. The van der Waals surface area contributed by atoms with Crippen molar-refractivity contribution in [3.05, 3.63) is 35.4 Å². The first-order valence-corrected chi connectivity index (χ1v) is 6.58. The number of nitrogens with one attached hydrogen (secondary N) is 1. The number of morpholine rings is 1. The third-order valence-corrected chi connectivity index (χ3v) is 3.44. The minimum absolute atomic E-state index is 0.172. The van der Waals surface area contributed by atoms with Gasteiger partial charge in [-0.1, -0.05) is 24.3 Å². The van der Waals surface area contributed by atoms with Gasteiger partial charge in [0.2, 0.25) is 5.91 Å². The van der Waals surface area contributed by atoms with Gasteiger partial charge in [-0.2, -0.15) is 0 Å². The Bertz CT molecular complexity index is 419. The largest absolute Gasteiger partial charge is 0.379 e. The predicted molar refractivity (Wildman–Crippen MR) is 73.2 cm³/mol. The average molecular weight is 263 g/mol. The van der Waals surface area contributed by atoms with Gasteiger partial charge in [-0.05, 0) is 18.1 Å². The second-order valence-electron chi connectivity index (χ2n) is 4.96. The van der Waals surface area contributed by atoms with Gasteiger partial charge in [0.25, 0.3) is 0 Å². The van der Waals surface area contributed by atoms with E-state index in [4.69, 9.17) is 10.6 Å².